The summed E-state index contributed by atoms with van der Waals surface area (Å²) in [4.78, 5) is 2.30. The van der Waals surface area contributed by atoms with Gasteiger partial charge in [0.2, 0.25) is 0 Å². The zero-order valence-corrected chi connectivity index (χ0v) is 16.3. The highest BCUT2D eigenvalue weighted by Gasteiger charge is 2.48. The normalized spacial score (nSPS) is 28.2. The first-order chi connectivity index (χ1) is 13.4. The summed E-state index contributed by atoms with van der Waals surface area (Å²) in [5.41, 5.74) is 1.29. The van der Waals surface area contributed by atoms with Gasteiger partial charge in [-0.3, -0.25) is 4.90 Å². The monoisotopic (exact) mass is 383 g/mol. The van der Waals surface area contributed by atoms with Gasteiger partial charge < -0.3 is 20.1 Å². The molecule has 5 nitrogen and oxygen atoms in total. The van der Waals surface area contributed by atoms with Gasteiger partial charge in [-0.15, -0.1) is 0 Å². The van der Waals surface area contributed by atoms with Crippen LogP contribution in [-0.4, -0.2) is 52.6 Å². The highest BCUT2D eigenvalue weighted by Crippen LogP contribution is 2.45. The molecule has 3 N–H and O–H groups in total. The van der Waals surface area contributed by atoms with E-state index in [-0.39, 0.29) is 5.75 Å². The summed E-state index contributed by atoms with van der Waals surface area (Å²) in [6.45, 7) is 2.42. The Labute approximate surface area is 166 Å². The molecule has 1 aliphatic carbocycles. The smallest absolute Gasteiger partial charge is 0.119 e. The maximum atomic E-state index is 11.2. The average molecular weight is 383 g/mol. The number of β-amino-alcohol motifs (C(OH)–C–C–N with tert-alkyl or cyclic N) is 1. The van der Waals surface area contributed by atoms with Gasteiger partial charge in [0.1, 0.15) is 11.5 Å². The fraction of sp³-hybridized carbons (Fsp3) is 0.478. The van der Waals surface area contributed by atoms with Crippen LogP contribution in [0, 0.1) is 11.8 Å². The summed E-state index contributed by atoms with van der Waals surface area (Å²) in [5, 5.41) is 31.0. The molecule has 0 spiro atoms. The van der Waals surface area contributed by atoms with Crippen LogP contribution < -0.4 is 4.74 Å². The summed E-state index contributed by atoms with van der Waals surface area (Å²) in [5.74, 6) is 1.99. The fourth-order valence-electron chi connectivity index (χ4n) is 5.06. The van der Waals surface area contributed by atoms with Crippen molar-refractivity contribution in [2.45, 2.75) is 31.0 Å². The number of hydrogen-bond donors (Lipinski definition) is 3. The summed E-state index contributed by atoms with van der Waals surface area (Å²) >= 11 is 0. The van der Waals surface area contributed by atoms with Crippen LogP contribution in [0.1, 0.15) is 30.1 Å². The predicted octanol–water partition coefficient (Wildman–Crippen LogP) is 2.75. The molecule has 1 saturated carbocycles. The van der Waals surface area contributed by atoms with Crippen molar-refractivity contribution in [2.75, 3.05) is 26.7 Å². The molecule has 2 fully saturated rings. The first-order valence-electron chi connectivity index (χ1n) is 9.99. The van der Waals surface area contributed by atoms with E-state index < -0.39 is 11.7 Å². The number of ether oxygens (including phenoxy) is 1. The van der Waals surface area contributed by atoms with E-state index in [1.807, 2.05) is 18.2 Å². The maximum absolute atomic E-state index is 11.2. The molecular formula is C23H29NO4. The molecule has 28 heavy (non-hydrogen) atoms. The van der Waals surface area contributed by atoms with Crippen LogP contribution in [0.15, 0.2) is 48.5 Å². The van der Waals surface area contributed by atoms with Gasteiger partial charge in [-0.1, -0.05) is 24.3 Å². The second-order valence-corrected chi connectivity index (χ2v) is 8.51. The zero-order chi connectivity index (χ0) is 19.7. The lowest BCUT2D eigenvalue weighted by Gasteiger charge is -2.27. The van der Waals surface area contributed by atoms with Crippen LogP contribution in [0.4, 0.5) is 0 Å². The molecule has 150 valence electrons. The second kappa shape index (κ2) is 7.74. The molecule has 2 aromatic carbocycles. The van der Waals surface area contributed by atoms with E-state index in [2.05, 4.69) is 11.0 Å². The van der Waals surface area contributed by atoms with E-state index >= 15 is 0 Å². The number of hydrogen-bond acceptors (Lipinski definition) is 5. The number of aromatic hydroxyl groups is 1. The third-order valence-electron chi connectivity index (χ3n) is 6.31. The van der Waals surface area contributed by atoms with E-state index in [9.17, 15) is 15.3 Å². The molecule has 2 aliphatic rings. The number of phenols is 1. The molecule has 4 rings (SSSR count). The van der Waals surface area contributed by atoms with E-state index in [0.29, 0.717) is 24.8 Å². The number of fused-ring (bicyclic) bond motifs is 1. The standard InChI is InChI=1S/C23H29NO4/c1-28-21-4-2-3-16(9-21)10-23(27)11-18-13-24(14-19(18)12-23)15-22(26)17-5-7-20(25)8-6-17/h2-9,18-19,22,25-27H,10-15H2,1H3/t18-,19?,22?,23?/m1/s1. The predicted molar refractivity (Wildman–Crippen MR) is 107 cm³/mol. The van der Waals surface area contributed by atoms with E-state index in [1.165, 1.54) is 0 Å². The van der Waals surface area contributed by atoms with Crippen LogP contribution in [0.5, 0.6) is 11.5 Å². The maximum Gasteiger partial charge on any atom is 0.119 e. The Balaban J connectivity index is 1.33. The quantitative estimate of drug-likeness (QED) is 0.715. The van der Waals surface area contributed by atoms with Crippen molar-refractivity contribution in [3.05, 3.63) is 59.7 Å². The lowest BCUT2D eigenvalue weighted by molar-refractivity contribution is 0.0328. The first kappa shape index (κ1) is 19.2. The lowest BCUT2D eigenvalue weighted by atomic mass is 9.91. The van der Waals surface area contributed by atoms with Gasteiger partial charge in [0.05, 0.1) is 18.8 Å². The molecule has 0 radical (unpaired) electrons. The first-order valence-corrected chi connectivity index (χ1v) is 9.99. The number of phenolic OH excluding ortho intramolecular Hbond substituents is 1. The van der Waals surface area contributed by atoms with Crippen molar-refractivity contribution in [1.82, 2.24) is 4.90 Å². The lowest BCUT2D eigenvalue weighted by Crippen LogP contribution is -2.33. The van der Waals surface area contributed by atoms with Gasteiger partial charge in [0, 0.05) is 26.1 Å². The van der Waals surface area contributed by atoms with Gasteiger partial charge in [-0.25, -0.2) is 0 Å². The van der Waals surface area contributed by atoms with Crippen molar-refractivity contribution in [3.8, 4) is 11.5 Å². The van der Waals surface area contributed by atoms with E-state index in [4.69, 9.17) is 4.74 Å². The van der Waals surface area contributed by atoms with Crippen molar-refractivity contribution in [2.24, 2.45) is 11.8 Å². The molecule has 0 aromatic heterocycles. The number of methoxy groups -OCH3 is 1. The average Bonchev–Trinajstić information content (AvgIpc) is 3.16. The SMILES string of the molecule is COc1cccc(CC2(O)CC3CN(CC(O)c4ccc(O)cc4)C[C@H]3C2)c1. The number of aliphatic hydroxyl groups is 2. The van der Waals surface area contributed by atoms with Gasteiger partial charge in [-0.05, 0) is 60.1 Å². The molecular weight excluding hydrogens is 354 g/mol. The molecule has 1 heterocycles. The second-order valence-electron chi connectivity index (χ2n) is 8.51. The Morgan fingerprint density at radius 1 is 1.11 bits per heavy atom. The molecule has 0 amide bonds. The largest absolute Gasteiger partial charge is 0.508 e. The van der Waals surface area contributed by atoms with Crippen molar-refractivity contribution >= 4 is 0 Å². The van der Waals surface area contributed by atoms with E-state index in [0.717, 1.165) is 42.8 Å². The van der Waals surface area contributed by atoms with Crippen LogP contribution in [0.3, 0.4) is 0 Å². The number of aliphatic hydroxyl groups excluding tert-OH is 1. The molecule has 0 bridgehead atoms. The highest BCUT2D eigenvalue weighted by molar-refractivity contribution is 5.30. The third-order valence-corrected chi connectivity index (χ3v) is 6.31. The molecule has 1 saturated heterocycles. The number of rotatable bonds is 6. The molecule has 2 aromatic rings. The van der Waals surface area contributed by atoms with Gasteiger partial charge in [0.15, 0.2) is 0 Å². The van der Waals surface area contributed by atoms with Crippen LogP contribution in [0.25, 0.3) is 0 Å². The van der Waals surface area contributed by atoms with Gasteiger partial charge >= 0.3 is 0 Å². The minimum atomic E-state index is -0.649. The van der Waals surface area contributed by atoms with Crippen LogP contribution >= 0.6 is 0 Å². The molecule has 5 heteroatoms. The summed E-state index contributed by atoms with van der Waals surface area (Å²) < 4.78 is 5.29. The Morgan fingerprint density at radius 2 is 1.79 bits per heavy atom. The van der Waals surface area contributed by atoms with Gasteiger partial charge in [0.25, 0.3) is 0 Å². The number of nitrogens with zero attached hydrogens (tertiary/aromatic N) is 1. The summed E-state index contributed by atoms with van der Waals surface area (Å²) in [7, 11) is 1.66. The summed E-state index contributed by atoms with van der Waals surface area (Å²) in [6.07, 6.45) is 1.71. The fourth-order valence-corrected chi connectivity index (χ4v) is 5.06. The Morgan fingerprint density at radius 3 is 2.43 bits per heavy atom. The molecule has 3 unspecified atom stereocenters. The Hall–Kier alpha value is -2.08. The Bertz CT molecular complexity index is 793. The highest BCUT2D eigenvalue weighted by atomic mass is 16.5. The molecule has 4 atom stereocenters. The van der Waals surface area contributed by atoms with Crippen molar-refractivity contribution < 1.29 is 20.1 Å². The van der Waals surface area contributed by atoms with Gasteiger partial charge in [-0.2, -0.15) is 0 Å². The molecule has 1 aliphatic heterocycles. The minimum Gasteiger partial charge on any atom is -0.508 e. The Kier molecular flexibility index (Phi) is 5.32. The zero-order valence-electron chi connectivity index (χ0n) is 16.3. The topological polar surface area (TPSA) is 73.2 Å². The number of likely N-dealkylation sites (tertiary alicyclic amines) is 1. The van der Waals surface area contributed by atoms with E-state index in [1.54, 1.807) is 31.4 Å². The van der Waals surface area contributed by atoms with Crippen LogP contribution in [0.2, 0.25) is 0 Å². The minimum absolute atomic E-state index is 0.210. The third kappa shape index (κ3) is 4.17. The van der Waals surface area contributed by atoms with Crippen LogP contribution in [-0.2, 0) is 6.42 Å². The van der Waals surface area contributed by atoms with Crippen molar-refractivity contribution in [1.29, 1.82) is 0 Å². The van der Waals surface area contributed by atoms with Crippen molar-refractivity contribution in [3.63, 3.8) is 0 Å². The summed E-state index contributed by atoms with van der Waals surface area (Å²) in [6, 6.07) is 14.7. The number of benzene rings is 2.